The maximum atomic E-state index is 13.6. The Morgan fingerprint density at radius 1 is 0.969 bits per heavy atom. The van der Waals surface area contributed by atoms with E-state index < -0.39 is 10.0 Å². The molecule has 1 amide bonds. The van der Waals surface area contributed by atoms with Gasteiger partial charge in [-0.05, 0) is 80.2 Å². The van der Waals surface area contributed by atoms with E-state index >= 15 is 0 Å². The van der Waals surface area contributed by atoms with Crippen LogP contribution in [0.15, 0.2) is 35.2 Å². The smallest absolute Gasteiger partial charge is 0.243 e. The molecular formula is C26H38N2O3S. The zero-order chi connectivity index (χ0) is 22.6. The van der Waals surface area contributed by atoms with Gasteiger partial charge in [0.05, 0.1) is 11.4 Å². The monoisotopic (exact) mass is 458 g/mol. The molecule has 6 rings (SSSR count). The fourth-order valence-corrected chi connectivity index (χ4v) is 10.2. The van der Waals surface area contributed by atoms with Gasteiger partial charge < -0.3 is 5.32 Å². The molecule has 5 fully saturated rings. The lowest BCUT2D eigenvalue weighted by atomic mass is 9.43. The highest BCUT2D eigenvalue weighted by molar-refractivity contribution is 7.89. The van der Waals surface area contributed by atoms with Gasteiger partial charge in [0.1, 0.15) is 0 Å². The molecule has 2 unspecified atom stereocenters. The fourth-order valence-electron chi connectivity index (χ4n) is 8.57. The molecule has 1 aromatic carbocycles. The van der Waals surface area contributed by atoms with Crippen LogP contribution in [0.25, 0.3) is 0 Å². The molecule has 5 aliphatic carbocycles. The van der Waals surface area contributed by atoms with E-state index in [0.29, 0.717) is 16.7 Å². The number of rotatable bonds is 6. The van der Waals surface area contributed by atoms with E-state index in [2.05, 4.69) is 19.2 Å². The molecular weight excluding hydrogens is 420 g/mol. The summed E-state index contributed by atoms with van der Waals surface area (Å²) in [5, 5.41) is 3.42. The number of hydrogen-bond donors (Lipinski definition) is 1. The summed E-state index contributed by atoms with van der Waals surface area (Å²) in [6.45, 7) is 4.72. The number of carbonyl (C=O) groups excluding carboxylic acids is 1. The molecule has 6 heteroatoms. The van der Waals surface area contributed by atoms with Gasteiger partial charge in [0.2, 0.25) is 15.9 Å². The van der Waals surface area contributed by atoms with Crippen molar-refractivity contribution in [2.45, 2.75) is 101 Å². The highest BCUT2D eigenvalue weighted by Gasteiger charge is 2.60. The first-order chi connectivity index (χ1) is 15.1. The summed E-state index contributed by atoms with van der Waals surface area (Å²) >= 11 is 0. The highest BCUT2D eigenvalue weighted by Crippen LogP contribution is 2.66. The van der Waals surface area contributed by atoms with Crippen molar-refractivity contribution in [1.29, 1.82) is 0 Å². The van der Waals surface area contributed by atoms with Crippen molar-refractivity contribution in [1.82, 2.24) is 9.62 Å². The van der Waals surface area contributed by atoms with E-state index in [4.69, 9.17) is 0 Å². The maximum Gasteiger partial charge on any atom is 0.243 e. The van der Waals surface area contributed by atoms with Crippen LogP contribution in [0.4, 0.5) is 0 Å². The molecule has 2 atom stereocenters. The third-order valence-corrected chi connectivity index (χ3v) is 10.6. The molecule has 32 heavy (non-hydrogen) atoms. The van der Waals surface area contributed by atoms with Crippen molar-refractivity contribution in [3.63, 3.8) is 0 Å². The van der Waals surface area contributed by atoms with Crippen molar-refractivity contribution in [2.75, 3.05) is 6.54 Å². The van der Waals surface area contributed by atoms with Gasteiger partial charge >= 0.3 is 0 Å². The Hall–Kier alpha value is -1.40. The summed E-state index contributed by atoms with van der Waals surface area (Å²) in [6.07, 6.45) is 11.8. The van der Waals surface area contributed by atoms with Crippen LogP contribution in [0.1, 0.15) is 84.5 Å². The number of hydrogen-bond acceptors (Lipinski definition) is 3. The van der Waals surface area contributed by atoms with Gasteiger partial charge in [0, 0.05) is 11.6 Å². The van der Waals surface area contributed by atoms with Crippen LogP contribution < -0.4 is 5.32 Å². The third-order valence-electron chi connectivity index (χ3n) is 8.66. The first-order valence-electron chi connectivity index (χ1n) is 12.5. The van der Waals surface area contributed by atoms with Gasteiger partial charge in [-0.2, -0.15) is 4.31 Å². The second-order valence-corrected chi connectivity index (χ2v) is 14.0. The van der Waals surface area contributed by atoms with Crippen molar-refractivity contribution < 1.29 is 13.2 Å². The number of amides is 1. The Balaban J connectivity index is 1.38. The molecule has 0 aliphatic heterocycles. The topological polar surface area (TPSA) is 66.5 Å². The Morgan fingerprint density at radius 3 is 2.19 bits per heavy atom. The average Bonchev–Trinajstić information content (AvgIpc) is 2.70. The molecule has 5 nitrogen and oxygen atoms in total. The summed E-state index contributed by atoms with van der Waals surface area (Å²) in [4.78, 5) is 13.7. The van der Waals surface area contributed by atoms with E-state index in [-0.39, 0.29) is 28.9 Å². The normalized spacial score (nSPS) is 37.0. The summed E-state index contributed by atoms with van der Waals surface area (Å²) in [5.74, 6) is 0.563. The van der Waals surface area contributed by atoms with Crippen LogP contribution in [0.3, 0.4) is 0 Å². The molecule has 1 N–H and O–H groups in total. The Labute approximate surface area is 193 Å². The van der Waals surface area contributed by atoms with Crippen LogP contribution in [0.2, 0.25) is 0 Å². The summed E-state index contributed by atoms with van der Waals surface area (Å²) in [7, 11) is -3.71. The number of nitrogens with zero attached hydrogens (tertiary/aromatic N) is 1. The molecule has 0 heterocycles. The van der Waals surface area contributed by atoms with Gasteiger partial charge in [-0.1, -0.05) is 51.3 Å². The first kappa shape index (κ1) is 22.4. The van der Waals surface area contributed by atoms with Crippen molar-refractivity contribution >= 4 is 15.9 Å². The minimum atomic E-state index is -3.71. The SMILES string of the molecule is CC12CC3CC(C)(C1)CC(NC(=O)CN(C1CCCCC1)S(=O)(=O)c1ccccc1)(C3)C2. The van der Waals surface area contributed by atoms with Crippen molar-refractivity contribution in [2.24, 2.45) is 16.7 Å². The molecule has 0 radical (unpaired) electrons. The molecule has 0 spiro atoms. The number of nitrogens with one attached hydrogen (secondary N) is 1. The number of sulfonamides is 1. The quantitative estimate of drug-likeness (QED) is 0.661. The van der Waals surface area contributed by atoms with Crippen LogP contribution >= 0.6 is 0 Å². The van der Waals surface area contributed by atoms with Crippen LogP contribution in [0.5, 0.6) is 0 Å². The first-order valence-corrected chi connectivity index (χ1v) is 13.9. The molecule has 176 valence electrons. The minimum absolute atomic E-state index is 0.0677. The Kier molecular flexibility index (Phi) is 5.48. The summed E-state index contributed by atoms with van der Waals surface area (Å²) in [5.41, 5.74) is 0.454. The van der Waals surface area contributed by atoms with Crippen molar-refractivity contribution in [3.8, 4) is 0 Å². The predicted octanol–water partition coefficient (Wildman–Crippen LogP) is 4.88. The van der Waals surface area contributed by atoms with Gasteiger partial charge in [0.25, 0.3) is 0 Å². The second kappa shape index (κ2) is 7.83. The van der Waals surface area contributed by atoms with Gasteiger partial charge in [-0.25, -0.2) is 8.42 Å². The van der Waals surface area contributed by atoms with Gasteiger partial charge in [0.15, 0.2) is 0 Å². The maximum absolute atomic E-state index is 13.6. The summed E-state index contributed by atoms with van der Waals surface area (Å²) < 4.78 is 28.7. The Bertz CT molecular complexity index is 952. The van der Waals surface area contributed by atoms with Gasteiger partial charge in [-0.3, -0.25) is 4.79 Å². The third kappa shape index (κ3) is 4.13. The standard InChI is InChI=1S/C26H38N2O3S/c1-24-13-20-14-25(2,17-24)19-26(15-20,18-24)27-23(29)16-28(21-9-5-3-6-10-21)32(30,31)22-11-7-4-8-12-22/h4,7-8,11-12,20-21H,3,5-6,9-10,13-19H2,1-2H3,(H,27,29). The zero-order valence-electron chi connectivity index (χ0n) is 19.6. The fraction of sp³-hybridized carbons (Fsp3) is 0.731. The Morgan fingerprint density at radius 2 is 1.59 bits per heavy atom. The van der Waals surface area contributed by atoms with E-state index in [0.717, 1.165) is 51.4 Å². The van der Waals surface area contributed by atoms with Crippen LogP contribution in [0, 0.1) is 16.7 Å². The summed E-state index contributed by atoms with van der Waals surface area (Å²) in [6, 6.07) is 8.52. The molecule has 4 bridgehead atoms. The predicted molar refractivity (Wildman–Crippen MR) is 125 cm³/mol. The lowest BCUT2D eigenvalue weighted by Crippen LogP contribution is -2.66. The lowest BCUT2D eigenvalue weighted by molar-refractivity contribution is -0.140. The zero-order valence-corrected chi connectivity index (χ0v) is 20.4. The second-order valence-electron chi connectivity index (χ2n) is 12.1. The molecule has 5 saturated carbocycles. The minimum Gasteiger partial charge on any atom is -0.349 e. The number of benzene rings is 1. The van der Waals surface area contributed by atoms with E-state index in [9.17, 15) is 13.2 Å². The lowest BCUT2D eigenvalue weighted by Gasteiger charge is -2.65. The van der Waals surface area contributed by atoms with E-state index in [1.54, 1.807) is 24.3 Å². The van der Waals surface area contributed by atoms with Gasteiger partial charge in [-0.15, -0.1) is 0 Å². The highest BCUT2D eigenvalue weighted by atomic mass is 32.2. The van der Waals surface area contributed by atoms with Crippen LogP contribution in [-0.4, -0.2) is 36.8 Å². The van der Waals surface area contributed by atoms with E-state index in [1.165, 1.54) is 23.6 Å². The average molecular weight is 459 g/mol. The van der Waals surface area contributed by atoms with Crippen molar-refractivity contribution in [3.05, 3.63) is 30.3 Å². The molecule has 0 saturated heterocycles. The largest absolute Gasteiger partial charge is 0.349 e. The van der Waals surface area contributed by atoms with Crippen LogP contribution in [-0.2, 0) is 14.8 Å². The van der Waals surface area contributed by atoms with E-state index in [1.807, 2.05) is 6.07 Å². The molecule has 0 aromatic heterocycles. The molecule has 5 aliphatic rings. The molecule has 1 aromatic rings. The number of carbonyl (C=O) groups is 1.